The van der Waals surface area contributed by atoms with Gasteiger partial charge in [0, 0.05) is 19.3 Å². The number of esters is 3. The van der Waals surface area contributed by atoms with Crippen LogP contribution in [0.5, 0.6) is 0 Å². The summed E-state index contributed by atoms with van der Waals surface area (Å²) in [4.78, 5) is 38.0. The van der Waals surface area contributed by atoms with Crippen LogP contribution in [0.2, 0.25) is 0 Å². The maximum atomic E-state index is 12.8. The van der Waals surface area contributed by atoms with Gasteiger partial charge in [-0.3, -0.25) is 14.4 Å². The Bertz CT molecular complexity index is 1730. The molecule has 6 heteroatoms. The number of hydrogen-bond acceptors (Lipinski definition) is 6. The molecule has 1 atom stereocenters. The number of unbranched alkanes of at least 4 members (excludes halogenated alkanes) is 5. The Labute approximate surface area is 434 Å². The molecule has 6 nitrogen and oxygen atoms in total. The average Bonchev–Trinajstić information content (AvgIpc) is 3.37. The van der Waals surface area contributed by atoms with Crippen molar-refractivity contribution in [1.82, 2.24) is 0 Å². The molecule has 0 aromatic carbocycles. The average molecular weight is 973 g/mol. The van der Waals surface area contributed by atoms with Gasteiger partial charge >= 0.3 is 17.9 Å². The topological polar surface area (TPSA) is 78.9 Å². The molecular weight excluding hydrogens is 877 g/mol. The van der Waals surface area contributed by atoms with Crippen molar-refractivity contribution < 1.29 is 28.6 Å². The van der Waals surface area contributed by atoms with Gasteiger partial charge in [-0.2, -0.15) is 0 Å². The second kappa shape index (κ2) is 57.1. The maximum Gasteiger partial charge on any atom is 0.306 e. The fourth-order valence-electron chi connectivity index (χ4n) is 6.38. The van der Waals surface area contributed by atoms with Gasteiger partial charge in [-0.15, -0.1) is 0 Å². The normalized spacial score (nSPS) is 13.6. The number of carbonyl (C=O) groups excluding carboxylic acids is 3. The zero-order valence-electron chi connectivity index (χ0n) is 44.6. The summed E-state index contributed by atoms with van der Waals surface area (Å²) in [5, 5.41) is 0. The number of hydrogen-bond donors (Lipinski definition) is 0. The lowest BCUT2D eigenvalue weighted by Gasteiger charge is -2.18. The fraction of sp³-hybridized carbons (Fsp3) is 0.492. The van der Waals surface area contributed by atoms with Crippen LogP contribution in [0.15, 0.2) is 182 Å². The van der Waals surface area contributed by atoms with Gasteiger partial charge in [0.15, 0.2) is 6.10 Å². The molecule has 0 rings (SSSR count). The van der Waals surface area contributed by atoms with E-state index < -0.39 is 24.0 Å². The Kier molecular flexibility index (Phi) is 52.7. The van der Waals surface area contributed by atoms with E-state index in [0.717, 1.165) is 103 Å². The molecule has 71 heavy (non-hydrogen) atoms. The lowest BCUT2D eigenvalue weighted by molar-refractivity contribution is -0.166. The SMILES string of the molecule is CC/C=C\C/C=C\C/C=C\C/C=C\C/C=C\C/C=C\CCC(=O)OC[C@H](COC(=O)CC/C=C\C/C=C\C/C=C\C/C=C\C/C=C\CCCCC)OC(=O)CCCC/C=C\C/C=C\C/C=C\C/C=C\CC. The zero-order valence-corrected chi connectivity index (χ0v) is 44.6. The molecule has 0 saturated heterocycles. The van der Waals surface area contributed by atoms with Crippen LogP contribution in [0.25, 0.3) is 0 Å². The van der Waals surface area contributed by atoms with Gasteiger partial charge < -0.3 is 14.2 Å². The summed E-state index contributed by atoms with van der Waals surface area (Å²) in [5.41, 5.74) is 0. The number of carbonyl (C=O) groups is 3. The van der Waals surface area contributed by atoms with E-state index in [1.54, 1.807) is 0 Å². The highest BCUT2D eigenvalue weighted by Crippen LogP contribution is 2.09. The van der Waals surface area contributed by atoms with E-state index >= 15 is 0 Å². The molecule has 0 bridgehead atoms. The minimum Gasteiger partial charge on any atom is -0.462 e. The molecule has 0 aliphatic heterocycles. The third kappa shape index (κ3) is 55.3. The van der Waals surface area contributed by atoms with Crippen molar-refractivity contribution >= 4 is 17.9 Å². The Morgan fingerprint density at radius 1 is 0.296 bits per heavy atom. The third-order valence-electron chi connectivity index (χ3n) is 10.4. The van der Waals surface area contributed by atoms with Crippen molar-refractivity contribution in [3.8, 4) is 0 Å². The second-order valence-corrected chi connectivity index (χ2v) is 17.0. The van der Waals surface area contributed by atoms with E-state index in [1.807, 2.05) is 24.3 Å². The van der Waals surface area contributed by atoms with Crippen molar-refractivity contribution in [3.05, 3.63) is 182 Å². The molecule has 0 N–H and O–H groups in total. The number of ether oxygens (including phenoxy) is 3. The Hall–Kier alpha value is -5.49. The van der Waals surface area contributed by atoms with Crippen molar-refractivity contribution in [3.63, 3.8) is 0 Å². The summed E-state index contributed by atoms with van der Waals surface area (Å²) in [7, 11) is 0. The Morgan fingerprint density at radius 2 is 0.563 bits per heavy atom. The molecule has 0 aliphatic carbocycles. The summed E-state index contributed by atoms with van der Waals surface area (Å²) in [6, 6.07) is 0. The highest BCUT2D eigenvalue weighted by molar-refractivity contribution is 5.71. The zero-order chi connectivity index (χ0) is 51.4. The minimum absolute atomic E-state index is 0.168. The molecule has 0 fully saturated rings. The van der Waals surface area contributed by atoms with E-state index in [-0.39, 0.29) is 32.5 Å². The Morgan fingerprint density at radius 3 is 0.859 bits per heavy atom. The monoisotopic (exact) mass is 973 g/mol. The summed E-state index contributed by atoms with van der Waals surface area (Å²) < 4.78 is 16.6. The van der Waals surface area contributed by atoms with Crippen LogP contribution >= 0.6 is 0 Å². The first kappa shape index (κ1) is 65.5. The van der Waals surface area contributed by atoms with Gasteiger partial charge in [0.05, 0.1) is 0 Å². The minimum atomic E-state index is -0.872. The molecule has 0 radical (unpaired) electrons. The summed E-state index contributed by atoms with van der Waals surface area (Å²) in [6.45, 7) is 6.18. The third-order valence-corrected chi connectivity index (χ3v) is 10.4. The maximum absolute atomic E-state index is 12.8. The van der Waals surface area contributed by atoms with E-state index in [2.05, 4.69) is 179 Å². The second-order valence-electron chi connectivity index (χ2n) is 17.0. The van der Waals surface area contributed by atoms with Crippen LogP contribution in [0.4, 0.5) is 0 Å². The molecule has 392 valence electrons. The lowest BCUT2D eigenvalue weighted by atomic mass is 10.2. The van der Waals surface area contributed by atoms with Crippen molar-refractivity contribution in [2.75, 3.05) is 13.2 Å². The van der Waals surface area contributed by atoms with E-state index in [1.165, 1.54) is 25.7 Å². The van der Waals surface area contributed by atoms with Gasteiger partial charge in [0.25, 0.3) is 0 Å². The van der Waals surface area contributed by atoms with Crippen LogP contribution in [-0.4, -0.2) is 37.2 Å². The molecular formula is C65H96O6. The van der Waals surface area contributed by atoms with Crippen molar-refractivity contribution in [1.29, 1.82) is 0 Å². The molecule has 0 saturated carbocycles. The highest BCUT2D eigenvalue weighted by Gasteiger charge is 2.19. The van der Waals surface area contributed by atoms with Crippen LogP contribution in [0.3, 0.4) is 0 Å². The van der Waals surface area contributed by atoms with Crippen LogP contribution in [0.1, 0.15) is 188 Å². The van der Waals surface area contributed by atoms with Gasteiger partial charge in [0.2, 0.25) is 0 Å². The molecule has 0 unspecified atom stereocenters. The van der Waals surface area contributed by atoms with E-state index in [0.29, 0.717) is 19.3 Å². The van der Waals surface area contributed by atoms with E-state index in [4.69, 9.17) is 14.2 Å². The molecule has 0 aromatic heterocycles. The molecule has 0 aromatic rings. The number of allylic oxidation sites excluding steroid dienone is 30. The van der Waals surface area contributed by atoms with Gasteiger partial charge in [-0.1, -0.05) is 216 Å². The van der Waals surface area contributed by atoms with Crippen molar-refractivity contribution in [2.24, 2.45) is 0 Å². The summed E-state index contributed by atoms with van der Waals surface area (Å²) in [5.74, 6) is -1.19. The quantitative estimate of drug-likeness (QED) is 0.0262. The molecule has 0 aliphatic rings. The fourth-order valence-corrected chi connectivity index (χ4v) is 6.38. The lowest BCUT2D eigenvalue weighted by Crippen LogP contribution is -2.30. The van der Waals surface area contributed by atoms with Gasteiger partial charge in [-0.25, -0.2) is 0 Å². The molecule has 0 heterocycles. The summed E-state index contributed by atoms with van der Waals surface area (Å²) in [6.07, 6.45) is 86.2. The highest BCUT2D eigenvalue weighted by atomic mass is 16.6. The van der Waals surface area contributed by atoms with Gasteiger partial charge in [0.1, 0.15) is 13.2 Å². The first-order valence-corrected chi connectivity index (χ1v) is 27.3. The van der Waals surface area contributed by atoms with E-state index in [9.17, 15) is 14.4 Å². The smallest absolute Gasteiger partial charge is 0.306 e. The first-order chi connectivity index (χ1) is 35.0. The Balaban J connectivity index is 4.71. The standard InChI is InChI=1S/C65H96O6/c1-4-7-10-13-16-19-22-25-28-30-32-34-37-39-42-45-48-51-54-57-63(66)69-60-62(71-65(68)59-56-53-50-47-44-41-36-27-24-21-18-15-12-9-6-3)61-70-64(67)58-55-52-49-46-43-40-38-35-33-31-29-26-23-20-17-14-11-8-5-2/h7,9-10,12,16-21,25-29,32-36,39-40,42-44,47-49,51-52,62H,4-6,8,11,13-15,22-24,30-31,37-38,41,45-46,50,53-61H2,1-3H3/b10-7-,12-9-,19-16-,20-17-,21-18-,28-25-,29-26-,34-32-,35-33-,36-27-,42-39-,43-40-,47-44-,51-48-,52-49-/t62-/m1/s1. The predicted molar refractivity (Wildman–Crippen MR) is 306 cm³/mol. The molecule has 0 spiro atoms. The summed E-state index contributed by atoms with van der Waals surface area (Å²) >= 11 is 0. The van der Waals surface area contributed by atoms with Crippen LogP contribution in [-0.2, 0) is 28.6 Å². The largest absolute Gasteiger partial charge is 0.462 e. The van der Waals surface area contributed by atoms with Crippen LogP contribution in [0, 0.1) is 0 Å². The first-order valence-electron chi connectivity index (χ1n) is 27.3. The van der Waals surface area contributed by atoms with Gasteiger partial charge in [-0.05, 0) is 135 Å². The van der Waals surface area contributed by atoms with Crippen LogP contribution < -0.4 is 0 Å². The van der Waals surface area contributed by atoms with Crippen molar-refractivity contribution in [2.45, 2.75) is 194 Å². The predicted octanol–water partition coefficient (Wildman–Crippen LogP) is 18.5. The molecule has 0 amide bonds. The number of rotatable bonds is 46.